The lowest BCUT2D eigenvalue weighted by Gasteiger charge is -2.18. The van der Waals surface area contributed by atoms with Crippen LogP contribution in [0.5, 0.6) is 5.75 Å². The molecule has 0 radical (unpaired) electrons. The van der Waals surface area contributed by atoms with Crippen molar-refractivity contribution in [1.29, 1.82) is 0 Å². The Kier molecular flexibility index (Phi) is 7.23. The van der Waals surface area contributed by atoms with Gasteiger partial charge in [-0.15, -0.1) is 0 Å². The van der Waals surface area contributed by atoms with E-state index in [0.29, 0.717) is 42.0 Å². The molecule has 29 heavy (non-hydrogen) atoms. The Morgan fingerprint density at radius 1 is 1.45 bits per heavy atom. The summed E-state index contributed by atoms with van der Waals surface area (Å²) in [6.07, 6.45) is 7.20. The third kappa shape index (κ3) is 5.78. The normalized spacial score (nSPS) is 17.7. The van der Waals surface area contributed by atoms with Crippen LogP contribution in [0.25, 0.3) is 6.08 Å². The third-order valence-corrected chi connectivity index (χ3v) is 5.22. The minimum absolute atomic E-state index is 0.129. The van der Waals surface area contributed by atoms with Gasteiger partial charge in [-0.1, -0.05) is 23.8 Å². The second-order valence-electron chi connectivity index (χ2n) is 7.17. The van der Waals surface area contributed by atoms with Crippen molar-refractivity contribution in [3.8, 4) is 5.75 Å². The Bertz CT molecular complexity index is 873. The van der Waals surface area contributed by atoms with Crippen LogP contribution in [0.1, 0.15) is 35.7 Å². The maximum atomic E-state index is 13.1. The number of hydrogen-bond acceptors (Lipinski definition) is 4. The highest BCUT2D eigenvalue weighted by Crippen LogP contribution is 2.27. The molecule has 1 N–H and O–H groups in total. The Morgan fingerprint density at radius 3 is 2.93 bits per heavy atom. The van der Waals surface area contributed by atoms with E-state index in [1.807, 2.05) is 19.2 Å². The van der Waals surface area contributed by atoms with Gasteiger partial charge in [0.15, 0.2) is 10.9 Å². The van der Waals surface area contributed by atoms with E-state index in [0.717, 1.165) is 12.0 Å². The highest BCUT2D eigenvalue weighted by Gasteiger charge is 2.29. The number of carbonyl (C=O) groups excluding carboxylic acids is 1. The molecule has 154 valence electrons. The predicted octanol–water partition coefficient (Wildman–Crippen LogP) is 4.18. The minimum atomic E-state index is -0.360. The summed E-state index contributed by atoms with van der Waals surface area (Å²) in [6, 6.07) is 7.83. The summed E-state index contributed by atoms with van der Waals surface area (Å²) in [5.74, 6) is 0.0212. The lowest BCUT2D eigenvalue weighted by atomic mass is 10.2. The highest BCUT2D eigenvalue weighted by atomic mass is 35.5. The Balaban J connectivity index is 1.61. The van der Waals surface area contributed by atoms with Crippen molar-refractivity contribution in [3.63, 3.8) is 0 Å². The zero-order valence-corrected chi connectivity index (χ0v) is 17.3. The molecule has 1 amide bonds. The van der Waals surface area contributed by atoms with Gasteiger partial charge in [-0.05, 0) is 56.3 Å². The van der Waals surface area contributed by atoms with Gasteiger partial charge in [0, 0.05) is 30.8 Å². The summed E-state index contributed by atoms with van der Waals surface area (Å²) in [6.45, 7) is 3.14. The number of hydrogen-bond donors (Lipinski definition) is 1. The molecule has 0 spiro atoms. The first-order valence-electron chi connectivity index (χ1n) is 9.67. The quantitative estimate of drug-likeness (QED) is 0.687. The molecule has 1 fully saturated rings. The molecule has 0 aliphatic carbocycles. The number of nitrogens with zero attached hydrogens (tertiary/aromatic N) is 2. The fraction of sp³-hybridized carbons (Fsp3) is 0.364. The molecule has 1 aliphatic rings. The van der Waals surface area contributed by atoms with Crippen LogP contribution < -0.4 is 10.1 Å². The van der Waals surface area contributed by atoms with Gasteiger partial charge in [-0.3, -0.25) is 4.79 Å². The summed E-state index contributed by atoms with van der Waals surface area (Å²) in [5, 5.41) is 3.48. The maximum Gasteiger partial charge on any atom is 0.253 e. The first-order chi connectivity index (χ1) is 14.0. The van der Waals surface area contributed by atoms with Gasteiger partial charge in [0.1, 0.15) is 11.9 Å². The number of pyridine rings is 1. The number of benzene rings is 1. The first-order valence-corrected chi connectivity index (χ1v) is 10.0. The van der Waals surface area contributed by atoms with Gasteiger partial charge in [-0.2, -0.15) is 0 Å². The standard InChI is InChI=1S/C22H25ClFN3O2/c1-15(25-2)4-3-5-16-12-20(21(23)26-13-16)29-19-10-11-27(14-19)22(28)17-6-8-18(24)9-7-17/h3,5-9,12-13,15,19,25H,4,10-11,14H2,1-2H3/b5-3+/t15-,19-/m0/s1. The lowest BCUT2D eigenvalue weighted by Crippen LogP contribution is -2.31. The van der Waals surface area contributed by atoms with Crippen LogP contribution in [0.15, 0.2) is 42.6 Å². The van der Waals surface area contributed by atoms with E-state index in [2.05, 4.69) is 23.3 Å². The summed E-state index contributed by atoms with van der Waals surface area (Å²) in [5.41, 5.74) is 1.37. The number of ether oxygens (including phenoxy) is 1. The van der Waals surface area contributed by atoms with Crippen molar-refractivity contribution in [3.05, 3.63) is 64.7 Å². The van der Waals surface area contributed by atoms with Gasteiger partial charge in [0.2, 0.25) is 0 Å². The number of halogens is 2. The molecule has 1 aromatic carbocycles. The fourth-order valence-corrected chi connectivity index (χ4v) is 3.25. The Labute approximate surface area is 175 Å². The number of likely N-dealkylation sites (tertiary alicyclic amines) is 1. The first kappa shape index (κ1) is 21.3. The van der Waals surface area contributed by atoms with Crippen molar-refractivity contribution < 1.29 is 13.9 Å². The lowest BCUT2D eigenvalue weighted by molar-refractivity contribution is 0.0772. The largest absolute Gasteiger partial charge is 0.485 e. The molecule has 3 rings (SSSR count). The van der Waals surface area contributed by atoms with Crippen molar-refractivity contribution >= 4 is 23.6 Å². The van der Waals surface area contributed by atoms with E-state index in [1.54, 1.807) is 11.1 Å². The molecule has 0 saturated carbocycles. The molecule has 1 aliphatic heterocycles. The number of amides is 1. The van der Waals surface area contributed by atoms with E-state index in [-0.39, 0.29) is 17.8 Å². The molecule has 1 aromatic heterocycles. The van der Waals surface area contributed by atoms with Gasteiger partial charge < -0.3 is 15.0 Å². The smallest absolute Gasteiger partial charge is 0.253 e. The molecule has 7 heteroatoms. The molecule has 2 heterocycles. The molecular formula is C22H25ClFN3O2. The number of nitrogens with one attached hydrogen (secondary N) is 1. The van der Waals surface area contributed by atoms with Crippen molar-refractivity contribution in [2.45, 2.75) is 31.9 Å². The van der Waals surface area contributed by atoms with Gasteiger partial charge >= 0.3 is 0 Å². The van der Waals surface area contributed by atoms with Gasteiger partial charge in [0.25, 0.3) is 5.91 Å². The van der Waals surface area contributed by atoms with Crippen LogP contribution >= 0.6 is 11.6 Å². The second kappa shape index (κ2) is 9.85. The van der Waals surface area contributed by atoms with Crippen LogP contribution in [0.3, 0.4) is 0 Å². The number of carbonyl (C=O) groups is 1. The van der Waals surface area contributed by atoms with Crippen molar-refractivity contribution in [2.75, 3.05) is 20.1 Å². The summed E-state index contributed by atoms with van der Waals surface area (Å²) < 4.78 is 19.1. The monoisotopic (exact) mass is 417 g/mol. The van der Waals surface area contributed by atoms with Crippen LogP contribution in [-0.4, -0.2) is 48.1 Å². The molecule has 2 aromatic rings. The number of aromatic nitrogens is 1. The summed E-state index contributed by atoms with van der Waals surface area (Å²) in [7, 11) is 1.93. The molecule has 0 unspecified atom stereocenters. The van der Waals surface area contributed by atoms with E-state index >= 15 is 0 Å². The maximum absolute atomic E-state index is 13.1. The van der Waals surface area contributed by atoms with E-state index in [4.69, 9.17) is 16.3 Å². The zero-order chi connectivity index (χ0) is 20.8. The Morgan fingerprint density at radius 2 is 2.21 bits per heavy atom. The zero-order valence-electron chi connectivity index (χ0n) is 16.6. The van der Waals surface area contributed by atoms with E-state index < -0.39 is 0 Å². The SMILES string of the molecule is CN[C@@H](C)C/C=C/c1cnc(Cl)c(O[C@H]2CCN(C(=O)c3ccc(F)cc3)C2)c1. The molecule has 2 atom stereocenters. The molecule has 0 bridgehead atoms. The topological polar surface area (TPSA) is 54.5 Å². The van der Waals surface area contributed by atoms with Crippen LogP contribution in [-0.2, 0) is 0 Å². The van der Waals surface area contributed by atoms with Gasteiger partial charge in [-0.25, -0.2) is 9.37 Å². The van der Waals surface area contributed by atoms with E-state index in [1.165, 1.54) is 24.3 Å². The van der Waals surface area contributed by atoms with Crippen LogP contribution in [0.4, 0.5) is 4.39 Å². The average molecular weight is 418 g/mol. The summed E-state index contributed by atoms with van der Waals surface area (Å²) >= 11 is 6.20. The second-order valence-corrected chi connectivity index (χ2v) is 7.53. The minimum Gasteiger partial charge on any atom is -0.485 e. The van der Waals surface area contributed by atoms with Crippen molar-refractivity contribution in [2.24, 2.45) is 0 Å². The Hall–Kier alpha value is -2.44. The highest BCUT2D eigenvalue weighted by molar-refractivity contribution is 6.30. The fourth-order valence-electron chi connectivity index (χ4n) is 3.11. The predicted molar refractivity (Wildman–Crippen MR) is 113 cm³/mol. The summed E-state index contributed by atoms with van der Waals surface area (Å²) in [4.78, 5) is 18.5. The van der Waals surface area contributed by atoms with E-state index in [9.17, 15) is 9.18 Å². The van der Waals surface area contributed by atoms with Gasteiger partial charge in [0.05, 0.1) is 6.54 Å². The van der Waals surface area contributed by atoms with Crippen LogP contribution in [0, 0.1) is 5.82 Å². The third-order valence-electron chi connectivity index (χ3n) is 4.94. The van der Waals surface area contributed by atoms with Crippen LogP contribution in [0.2, 0.25) is 5.15 Å². The van der Waals surface area contributed by atoms with Crippen molar-refractivity contribution in [1.82, 2.24) is 15.2 Å². The molecule has 1 saturated heterocycles. The molecular weight excluding hydrogens is 393 g/mol. The molecule has 5 nitrogen and oxygen atoms in total. The number of rotatable bonds is 7. The average Bonchev–Trinajstić information content (AvgIpc) is 3.18.